The minimum Gasteiger partial charge on any atom is -0.508 e. The van der Waals surface area contributed by atoms with Crippen LogP contribution >= 0.6 is 0 Å². The molecule has 105 valence electrons. The molecule has 0 aliphatic heterocycles. The molecule has 2 aromatic carbocycles. The van der Waals surface area contributed by atoms with E-state index in [0.29, 0.717) is 11.5 Å². The molecule has 1 radical (unpaired) electrons. The minimum atomic E-state index is -0.231. The molecule has 4 nitrogen and oxygen atoms in total. The van der Waals surface area contributed by atoms with Crippen molar-refractivity contribution in [2.75, 3.05) is 14.2 Å². The maximum atomic E-state index is 9.41. The topological polar surface area (TPSA) is 47.9 Å². The highest BCUT2D eigenvalue weighted by molar-refractivity contribution is 5.42. The number of phenolic OH excluding ortho intramolecular Hbond substituents is 1. The number of ether oxygens (including phenoxy) is 3. The second-order valence-electron chi connectivity index (χ2n) is 4.29. The van der Waals surface area contributed by atoms with Crippen LogP contribution in [0.2, 0.25) is 0 Å². The third-order valence-electron chi connectivity index (χ3n) is 2.94. The van der Waals surface area contributed by atoms with E-state index in [4.69, 9.17) is 14.2 Å². The van der Waals surface area contributed by atoms with E-state index in [1.165, 1.54) is 6.07 Å². The first-order valence-corrected chi connectivity index (χ1v) is 6.22. The second-order valence-corrected chi connectivity index (χ2v) is 4.29. The summed E-state index contributed by atoms with van der Waals surface area (Å²) < 4.78 is 16.3. The number of hydrogen-bond donors (Lipinski definition) is 1. The molecular weight excluding hydrogens is 256 g/mol. The Hall–Kier alpha value is -2.36. The molecule has 1 unspecified atom stereocenters. The lowest BCUT2D eigenvalue weighted by Crippen LogP contribution is -2.05. The Morgan fingerprint density at radius 2 is 1.85 bits per heavy atom. The van der Waals surface area contributed by atoms with Gasteiger partial charge in [-0.3, -0.25) is 0 Å². The van der Waals surface area contributed by atoms with Crippen LogP contribution in [0.3, 0.4) is 0 Å². The zero-order valence-electron chi connectivity index (χ0n) is 11.7. The molecule has 1 atom stereocenters. The third-order valence-corrected chi connectivity index (χ3v) is 2.94. The van der Waals surface area contributed by atoms with Crippen LogP contribution in [-0.4, -0.2) is 19.3 Å². The molecule has 0 aliphatic rings. The Morgan fingerprint density at radius 3 is 2.50 bits per heavy atom. The Morgan fingerprint density at radius 1 is 1.05 bits per heavy atom. The molecule has 2 rings (SSSR count). The molecule has 0 amide bonds. The van der Waals surface area contributed by atoms with Crippen LogP contribution in [0.1, 0.15) is 18.6 Å². The van der Waals surface area contributed by atoms with Gasteiger partial charge in [0.1, 0.15) is 29.1 Å². The van der Waals surface area contributed by atoms with Gasteiger partial charge in [0, 0.05) is 17.7 Å². The molecule has 0 spiro atoms. The van der Waals surface area contributed by atoms with E-state index in [1.54, 1.807) is 26.4 Å². The fraction of sp³-hybridized carbons (Fsp3) is 0.250. The summed E-state index contributed by atoms with van der Waals surface area (Å²) in [4.78, 5) is 0. The molecule has 4 heteroatoms. The predicted octanol–water partition coefficient (Wildman–Crippen LogP) is 3.35. The number of rotatable bonds is 5. The van der Waals surface area contributed by atoms with Crippen molar-refractivity contribution >= 4 is 0 Å². The first-order chi connectivity index (χ1) is 9.63. The monoisotopic (exact) mass is 273 g/mol. The number of benzene rings is 2. The minimum absolute atomic E-state index is 0.122. The Bertz CT molecular complexity index is 580. The molecule has 0 aromatic heterocycles. The second kappa shape index (κ2) is 6.19. The van der Waals surface area contributed by atoms with Gasteiger partial charge in [-0.15, -0.1) is 0 Å². The highest BCUT2D eigenvalue weighted by Crippen LogP contribution is 2.32. The quantitative estimate of drug-likeness (QED) is 0.907. The van der Waals surface area contributed by atoms with Gasteiger partial charge < -0.3 is 19.3 Å². The third kappa shape index (κ3) is 3.15. The van der Waals surface area contributed by atoms with Crippen molar-refractivity contribution < 1.29 is 19.3 Å². The normalized spacial score (nSPS) is 11.8. The van der Waals surface area contributed by atoms with Gasteiger partial charge in [0.15, 0.2) is 0 Å². The van der Waals surface area contributed by atoms with Crippen molar-refractivity contribution in [3.63, 3.8) is 0 Å². The van der Waals surface area contributed by atoms with E-state index in [1.807, 2.05) is 25.1 Å². The average molecular weight is 273 g/mol. The standard InChI is InChI=1S/C16H17O4/c1-11(20-14-6-4-5-12(17)9-14)15-8-7-13(18-2)10-16(15)19-3/h5-11,17H,1-3H3. The van der Waals surface area contributed by atoms with E-state index in [0.717, 1.165) is 11.3 Å². The summed E-state index contributed by atoms with van der Waals surface area (Å²) in [6.45, 7) is 1.91. The molecule has 0 saturated carbocycles. The lowest BCUT2D eigenvalue weighted by Gasteiger charge is -2.18. The summed E-state index contributed by atoms with van der Waals surface area (Å²) in [6, 6.07) is 13.1. The highest BCUT2D eigenvalue weighted by Gasteiger charge is 2.14. The first kappa shape index (κ1) is 14.1. The summed E-state index contributed by atoms with van der Waals surface area (Å²) in [5, 5.41) is 9.41. The van der Waals surface area contributed by atoms with E-state index >= 15 is 0 Å². The summed E-state index contributed by atoms with van der Waals surface area (Å²) in [7, 11) is 3.21. The Labute approximate surface area is 118 Å². The summed E-state index contributed by atoms with van der Waals surface area (Å²) >= 11 is 0. The highest BCUT2D eigenvalue weighted by atomic mass is 16.5. The van der Waals surface area contributed by atoms with Crippen molar-refractivity contribution in [3.8, 4) is 23.0 Å². The van der Waals surface area contributed by atoms with Crippen molar-refractivity contribution in [2.45, 2.75) is 13.0 Å². The van der Waals surface area contributed by atoms with E-state index in [9.17, 15) is 5.11 Å². The molecule has 0 aliphatic carbocycles. The molecule has 0 fully saturated rings. The molecule has 0 heterocycles. The zero-order valence-corrected chi connectivity index (χ0v) is 11.7. The van der Waals surface area contributed by atoms with Crippen LogP contribution < -0.4 is 14.2 Å². The smallest absolute Gasteiger partial charge is 0.129 e. The van der Waals surface area contributed by atoms with E-state index in [2.05, 4.69) is 6.07 Å². The lowest BCUT2D eigenvalue weighted by molar-refractivity contribution is 0.220. The number of methoxy groups -OCH3 is 2. The molecule has 1 N–H and O–H groups in total. The number of aromatic hydroxyl groups is 1. The van der Waals surface area contributed by atoms with Crippen molar-refractivity contribution in [1.82, 2.24) is 0 Å². The van der Waals surface area contributed by atoms with Crippen molar-refractivity contribution in [3.05, 3.63) is 48.0 Å². The van der Waals surface area contributed by atoms with Crippen LogP contribution in [0.15, 0.2) is 36.4 Å². The average Bonchev–Trinajstić information content (AvgIpc) is 2.46. The SMILES string of the molecule is COc1ccc(C(C)Oc2c[c]cc(O)c2)c(OC)c1. The molecule has 0 bridgehead atoms. The first-order valence-electron chi connectivity index (χ1n) is 6.22. The van der Waals surface area contributed by atoms with E-state index in [-0.39, 0.29) is 11.9 Å². The van der Waals surface area contributed by atoms with Crippen LogP contribution in [0, 0.1) is 6.07 Å². The summed E-state index contributed by atoms with van der Waals surface area (Å²) in [5.74, 6) is 2.09. The van der Waals surface area contributed by atoms with Crippen molar-refractivity contribution in [2.24, 2.45) is 0 Å². The molecule has 0 saturated heterocycles. The van der Waals surface area contributed by atoms with Crippen molar-refractivity contribution in [1.29, 1.82) is 0 Å². The van der Waals surface area contributed by atoms with Gasteiger partial charge in [0.05, 0.1) is 14.2 Å². The van der Waals surface area contributed by atoms with Crippen LogP contribution in [0.4, 0.5) is 0 Å². The summed E-state index contributed by atoms with van der Waals surface area (Å²) in [5.41, 5.74) is 0.900. The maximum Gasteiger partial charge on any atom is 0.129 e. The van der Waals surface area contributed by atoms with E-state index < -0.39 is 0 Å². The zero-order chi connectivity index (χ0) is 14.5. The molecule has 2 aromatic rings. The molecule has 20 heavy (non-hydrogen) atoms. The Balaban J connectivity index is 2.22. The number of hydrogen-bond acceptors (Lipinski definition) is 4. The van der Waals surface area contributed by atoms with Gasteiger partial charge >= 0.3 is 0 Å². The van der Waals surface area contributed by atoms with Gasteiger partial charge in [-0.25, -0.2) is 0 Å². The number of phenols is 1. The summed E-state index contributed by atoms with van der Waals surface area (Å²) in [6.07, 6.45) is -0.231. The van der Waals surface area contributed by atoms with Gasteiger partial charge in [0.25, 0.3) is 0 Å². The van der Waals surface area contributed by atoms with Crippen LogP contribution in [0.25, 0.3) is 0 Å². The lowest BCUT2D eigenvalue weighted by atomic mass is 10.1. The fourth-order valence-electron chi connectivity index (χ4n) is 1.93. The van der Waals surface area contributed by atoms with Gasteiger partial charge in [-0.1, -0.05) is 0 Å². The molecular formula is C16H17O4. The largest absolute Gasteiger partial charge is 0.508 e. The van der Waals surface area contributed by atoms with Crippen LogP contribution in [0.5, 0.6) is 23.0 Å². The van der Waals surface area contributed by atoms with Gasteiger partial charge in [-0.2, -0.15) is 0 Å². The van der Waals surface area contributed by atoms with Gasteiger partial charge in [-0.05, 0) is 37.3 Å². The van der Waals surface area contributed by atoms with Gasteiger partial charge in [0.2, 0.25) is 0 Å². The van der Waals surface area contributed by atoms with Crippen LogP contribution in [-0.2, 0) is 0 Å². The Kier molecular flexibility index (Phi) is 4.35. The predicted molar refractivity (Wildman–Crippen MR) is 75.5 cm³/mol. The fourth-order valence-corrected chi connectivity index (χ4v) is 1.93. The maximum absolute atomic E-state index is 9.41.